The van der Waals surface area contributed by atoms with Crippen molar-refractivity contribution in [3.8, 4) is 0 Å². The number of allylic oxidation sites excluding steroid dienone is 2. The molecule has 9 nitrogen and oxygen atoms in total. The minimum absolute atomic E-state index is 0.00306. The summed E-state index contributed by atoms with van der Waals surface area (Å²) < 4.78 is 4.66. The molecule has 0 spiro atoms. The van der Waals surface area contributed by atoms with Gasteiger partial charge in [0.15, 0.2) is 0 Å². The number of amides is 1. The van der Waals surface area contributed by atoms with Gasteiger partial charge in [-0.2, -0.15) is 0 Å². The molecule has 2 aromatic carbocycles. The van der Waals surface area contributed by atoms with Crippen LogP contribution in [0, 0.1) is 17.8 Å². The van der Waals surface area contributed by atoms with Crippen molar-refractivity contribution in [2.75, 3.05) is 20.2 Å². The van der Waals surface area contributed by atoms with Gasteiger partial charge in [-0.1, -0.05) is 147 Å². The number of methoxy groups -OCH3 is 1. The van der Waals surface area contributed by atoms with E-state index in [2.05, 4.69) is 74.9 Å². The number of ketones is 1. The topological polar surface area (TPSA) is 131 Å². The molecule has 0 heterocycles. The molecule has 0 radical (unpaired) electrons. The lowest BCUT2D eigenvalue weighted by atomic mass is 9.83. The van der Waals surface area contributed by atoms with Crippen LogP contribution in [0.5, 0.6) is 0 Å². The zero-order chi connectivity index (χ0) is 40.2. The summed E-state index contributed by atoms with van der Waals surface area (Å²) in [4.78, 5) is 49.7. The van der Waals surface area contributed by atoms with Crippen LogP contribution < -0.4 is 16.0 Å². The highest BCUT2D eigenvalue weighted by Crippen LogP contribution is 2.28. The molecule has 0 saturated carbocycles. The number of nitrogens with one attached hydrogen (secondary N) is 3. The van der Waals surface area contributed by atoms with Crippen LogP contribution in [0.1, 0.15) is 110 Å². The molecule has 292 valence electrons. The average molecular weight is 724 g/mol. The summed E-state index contributed by atoms with van der Waals surface area (Å²) in [6, 6.07) is 19.1. The molecule has 2 rings (SSSR count). The van der Waals surface area contributed by atoms with Crippen molar-refractivity contribution < 1.29 is 28.7 Å². The number of esters is 1. The second-order valence-electron chi connectivity index (χ2n) is 12.5. The number of benzene rings is 2. The van der Waals surface area contributed by atoms with Crippen LogP contribution in [0.25, 0.3) is 0 Å². The minimum atomic E-state index is -0.501. The first-order chi connectivity index (χ1) is 25.1. The fraction of sp³-hybridized carbons (Fsp3) is 0.512. The van der Waals surface area contributed by atoms with Crippen molar-refractivity contribution in [3.63, 3.8) is 0 Å². The zero-order valence-corrected chi connectivity index (χ0v) is 33.3. The van der Waals surface area contributed by atoms with Crippen LogP contribution in [0.3, 0.4) is 0 Å². The quantitative estimate of drug-likeness (QED) is 0.0668. The molecule has 0 aromatic heterocycles. The van der Waals surface area contributed by atoms with E-state index in [0.29, 0.717) is 5.92 Å². The lowest BCUT2D eigenvalue weighted by molar-refractivity contribution is -0.139. The van der Waals surface area contributed by atoms with Crippen LogP contribution in [0.4, 0.5) is 0 Å². The van der Waals surface area contributed by atoms with E-state index < -0.39 is 12.0 Å². The van der Waals surface area contributed by atoms with Gasteiger partial charge >= 0.3 is 5.97 Å². The fourth-order valence-electron chi connectivity index (χ4n) is 5.11. The van der Waals surface area contributed by atoms with Crippen LogP contribution in [-0.2, 0) is 28.7 Å². The van der Waals surface area contributed by atoms with E-state index in [0.717, 1.165) is 55.2 Å². The summed E-state index contributed by atoms with van der Waals surface area (Å²) in [5.74, 6) is 1.85. The van der Waals surface area contributed by atoms with Gasteiger partial charge in [0.05, 0.1) is 19.7 Å². The Kier molecular flexibility index (Phi) is 36.4. The SMILES string of the molecule is C=CN/C(=C\C(C)CC)CCCNC=O.C=O.C=O.CCCCC(C)C(C)CC.COC(=O)CN[C@@H](C(C)=O)C(c1ccccc1)c1ccccc1. The average Bonchev–Trinajstić information content (AvgIpc) is 3.19. The molecule has 0 saturated heterocycles. The maximum absolute atomic E-state index is 12.2. The second kappa shape index (κ2) is 36.4. The summed E-state index contributed by atoms with van der Waals surface area (Å²) in [5, 5.41) is 8.83. The summed E-state index contributed by atoms with van der Waals surface area (Å²) in [5.41, 5.74) is 3.24. The third kappa shape index (κ3) is 25.6. The highest BCUT2D eigenvalue weighted by molar-refractivity contribution is 5.84. The number of Topliss-reactive ketones (excluding diaryl/α,β-unsaturated/α-hetero) is 1. The van der Waals surface area contributed by atoms with Crippen LogP contribution in [-0.4, -0.2) is 58.0 Å². The summed E-state index contributed by atoms with van der Waals surface area (Å²) in [6.45, 7) is 23.6. The Balaban J connectivity index is -0.000000716. The molecule has 0 bridgehead atoms. The number of ether oxygens (including phenoxy) is 1. The highest BCUT2D eigenvalue weighted by Gasteiger charge is 2.28. The fourth-order valence-corrected chi connectivity index (χ4v) is 5.11. The first-order valence-electron chi connectivity index (χ1n) is 18.3. The van der Waals surface area contributed by atoms with Gasteiger partial charge in [-0.05, 0) is 54.8 Å². The molecule has 0 aliphatic carbocycles. The number of hydrogen-bond acceptors (Lipinski definition) is 8. The third-order valence-corrected chi connectivity index (χ3v) is 8.68. The number of unbranched alkanes of at least 4 members (excludes halogenated alkanes) is 1. The molecular weight excluding hydrogens is 654 g/mol. The lowest BCUT2D eigenvalue weighted by Crippen LogP contribution is -2.43. The van der Waals surface area contributed by atoms with E-state index in [-0.39, 0.29) is 18.2 Å². The first-order valence-corrected chi connectivity index (χ1v) is 18.3. The summed E-state index contributed by atoms with van der Waals surface area (Å²) in [7, 11) is 1.33. The maximum atomic E-state index is 12.2. The van der Waals surface area contributed by atoms with Crippen LogP contribution in [0.2, 0.25) is 0 Å². The van der Waals surface area contributed by atoms with Gasteiger partial charge in [-0.15, -0.1) is 0 Å². The molecule has 0 fully saturated rings. The van der Waals surface area contributed by atoms with Crippen molar-refractivity contribution >= 4 is 31.7 Å². The Bertz CT molecular complexity index is 1150. The molecule has 4 atom stereocenters. The molecule has 52 heavy (non-hydrogen) atoms. The highest BCUT2D eigenvalue weighted by atomic mass is 16.5. The standard InChI is InChI=1S/C19H21NO3.C12H22N2O.C10H22.2CH2O/c1-14(21)19(20-13-17(22)23-2)18(15-9-5-3-6-10-15)16-11-7-4-8-12-16;1-4-11(3)9-12(14-5-2)7-6-8-13-10-15;1-5-7-8-10(4)9(3)6-2;2*1-2/h3-12,18-20H,13H2,1-2H3;5,9-11,14H,2,4,6-8H2,1,3H3,(H,13,15);9-10H,5-8H2,1-4H3;2*1H2/b;12-9-;;;/t19-;;;;/m0..../s1. The van der Waals surface area contributed by atoms with Gasteiger partial charge in [0, 0.05) is 18.2 Å². The van der Waals surface area contributed by atoms with E-state index >= 15 is 0 Å². The zero-order valence-electron chi connectivity index (χ0n) is 33.3. The molecule has 2 aromatic rings. The molecule has 9 heteroatoms. The largest absolute Gasteiger partial charge is 0.468 e. The van der Waals surface area contributed by atoms with Crippen molar-refractivity contribution in [3.05, 3.63) is 96.3 Å². The molecule has 3 N–H and O–H groups in total. The van der Waals surface area contributed by atoms with Gasteiger partial charge < -0.3 is 25.0 Å². The third-order valence-electron chi connectivity index (χ3n) is 8.68. The monoisotopic (exact) mass is 724 g/mol. The minimum Gasteiger partial charge on any atom is -0.468 e. The lowest BCUT2D eigenvalue weighted by Gasteiger charge is -2.27. The number of hydrogen-bond donors (Lipinski definition) is 3. The Morgan fingerprint density at radius 2 is 1.37 bits per heavy atom. The van der Waals surface area contributed by atoms with Gasteiger partial charge in [-0.3, -0.25) is 19.7 Å². The van der Waals surface area contributed by atoms with Gasteiger partial charge in [0.1, 0.15) is 19.4 Å². The van der Waals surface area contributed by atoms with Crippen molar-refractivity contribution in [1.82, 2.24) is 16.0 Å². The molecule has 0 aliphatic rings. The normalized spacial score (nSPS) is 12.4. The van der Waals surface area contributed by atoms with Crippen LogP contribution in [0.15, 0.2) is 85.2 Å². The van der Waals surface area contributed by atoms with E-state index in [1.807, 2.05) is 74.2 Å². The summed E-state index contributed by atoms with van der Waals surface area (Å²) >= 11 is 0. The van der Waals surface area contributed by atoms with E-state index in [1.54, 1.807) is 6.20 Å². The molecule has 0 aliphatic heterocycles. The van der Waals surface area contributed by atoms with Crippen molar-refractivity contribution in [1.29, 1.82) is 0 Å². The molecular formula is C43H69N3O6. The Hall–Kier alpha value is -4.37. The first kappa shape index (κ1) is 52.0. The Labute approximate surface area is 315 Å². The Morgan fingerprint density at radius 1 is 0.827 bits per heavy atom. The van der Waals surface area contributed by atoms with E-state index in [4.69, 9.17) is 9.59 Å². The molecule has 1 amide bonds. The van der Waals surface area contributed by atoms with E-state index in [9.17, 15) is 14.4 Å². The maximum Gasteiger partial charge on any atom is 0.319 e. The number of carbonyl (C=O) groups excluding carboxylic acids is 5. The second-order valence-corrected chi connectivity index (χ2v) is 12.5. The van der Waals surface area contributed by atoms with Gasteiger partial charge in [0.25, 0.3) is 0 Å². The summed E-state index contributed by atoms with van der Waals surface area (Å²) in [6.07, 6.45) is 13.2. The predicted octanol–water partition coefficient (Wildman–Crippen LogP) is 8.20. The van der Waals surface area contributed by atoms with Crippen molar-refractivity contribution in [2.45, 2.75) is 105 Å². The number of carbonyl (C=O) groups is 5. The molecule has 3 unspecified atom stereocenters. The Morgan fingerprint density at radius 3 is 1.77 bits per heavy atom. The smallest absolute Gasteiger partial charge is 0.319 e. The van der Waals surface area contributed by atoms with Crippen LogP contribution >= 0.6 is 0 Å². The van der Waals surface area contributed by atoms with Gasteiger partial charge in [-0.25, -0.2) is 0 Å². The van der Waals surface area contributed by atoms with Crippen molar-refractivity contribution in [2.24, 2.45) is 17.8 Å². The van der Waals surface area contributed by atoms with Gasteiger partial charge in [0.2, 0.25) is 6.41 Å². The number of rotatable bonds is 21. The van der Waals surface area contributed by atoms with E-state index in [1.165, 1.54) is 45.4 Å². The predicted molar refractivity (Wildman–Crippen MR) is 216 cm³/mol.